The largest absolute Gasteiger partial charge is 0.430 e. The van der Waals surface area contributed by atoms with Crippen molar-refractivity contribution in [2.45, 2.75) is 59.8 Å². The summed E-state index contributed by atoms with van der Waals surface area (Å²) in [4.78, 5) is 27.0. The van der Waals surface area contributed by atoms with Crippen molar-refractivity contribution in [3.05, 3.63) is 40.1 Å². The molecule has 1 saturated carbocycles. The van der Waals surface area contributed by atoms with E-state index in [1.807, 2.05) is 25.8 Å². The van der Waals surface area contributed by atoms with Gasteiger partial charge in [0.2, 0.25) is 0 Å². The molecule has 1 aliphatic carbocycles. The maximum atomic E-state index is 13.2. The summed E-state index contributed by atoms with van der Waals surface area (Å²) in [7, 11) is 1.86. The van der Waals surface area contributed by atoms with E-state index in [1.165, 1.54) is 18.9 Å². The highest BCUT2D eigenvalue weighted by Crippen LogP contribution is 2.49. The zero-order valence-corrected chi connectivity index (χ0v) is 16.6. The smallest absolute Gasteiger partial charge is 0.307 e. The minimum absolute atomic E-state index is 0.0486. The van der Waals surface area contributed by atoms with Crippen LogP contribution in [-0.2, 0) is 14.3 Å². The van der Waals surface area contributed by atoms with Crippen molar-refractivity contribution in [3.8, 4) is 0 Å². The average Bonchev–Trinajstić information content (AvgIpc) is 2.55. The summed E-state index contributed by atoms with van der Waals surface area (Å²) in [6.07, 6.45) is 5.32. The Morgan fingerprint density at radius 3 is 2.19 bits per heavy atom. The van der Waals surface area contributed by atoms with Crippen LogP contribution < -0.4 is 0 Å². The molecule has 4 nitrogen and oxygen atoms in total. The van der Waals surface area contributed by atoms with Crippen LogP contribution in [0.2, 0.25) is 0 Å². The topological polar surface area (TPSA) is 46.6 Å². The van der Waals surface area contributed by atoms with Crippen molar-refractivity contribution in [2.24, 2.45) is 5.41 Å². The molecule has 1 aliphatic heterocycles. The molecule has 1 aromatic carbocycles. The van der Waals surface area contributed by atoms with Crippen LogP contribution in [0.5, 0.6) is 0 Å². The van der Waals surface area contributed by atoms with Gasteiger partial charge in [-0.05, 0) is 50.3 Å². The lowest BCUT2D eigenvalue weighted by atomic mass is 9.68. The van der Waals surface area contributed by atoms with Crippen molar-refractivity contribution in [2.75, 3.05) is 13.6 Å². The van der Waals surface area contributed by atoms with Gasteiger partial charge in [0.25, 0.3) is 5.91 Å². The molecule has 4 heteroatoms. The van der Waals surface area contributed by atoms with Crippen molar-refractivity contribution in [1.29, 1.82) is 0 Å². The van der Waals surface area contributed by atoms with E-state index >= 15 is 0 Å². The summed E-state index contributed by atoms with van der Waals surface area (Å²) < 4.78 is 5.80. The quantitative estimate of drug-likeness (QED) is 0.743. The van der Waals surface area contributed by atoms with Crippen LogP contribution in [0.1, 0.15) is 61.3 Å². The lowest BCUT2D eigenvalue weighted by molar-refractivity contribution is -0.140. The molecule has 3 rings (SSSR count). The number of ether oxygens (including phenoxy) is 1. The molecule has 1 fully saturated rings. The fourth-order valence-corrected chi connectivity index (χ4v) is 4.86. The molecule has 0 aromatic heterocycles. The van der Waals surface area contributed by atoms with Crippen molar-refractivity contribution in [3.63, 3.8) is 0 Å². The van der Waals surface area contributed by atoms with Crippen LogP contribution in [0.25, 0.3) is 5.57 Å². The number of hydrogen-bond donors (Lipinski definition) is 0. The third-order valence-corrected chi connectivity index (χ3v) is 5.79. The van der Waals surface area contributed by atoms with Gasteiger partial charge >= 0.3 is 5.97 Å². The van der Waals surface area contributed by atoms with Crippen LogP contribution in [0.4, 0.5) is 0 Å². The van der Waals surface area contributed by atoms with Gasteiger partial charge in [-0.2, -0.15) is 0 Å². The number of likely N-dealkylation sites (N-methyl/N-ethyl adjacent to an activating group) is 1. The Balaban J connectivity index is 2.30. The van der Waals surface area contributed by atoms with Crippen LogP contribution in [0.3, 0.4) is 0 Å². The lowest BCUT2D eigenvalue weighted by Gasteiger charge is -2.45. The highest BCUT2D eigenvalue weighted by Gasteiger charge is 2.47. The Morgan fingerprint density at radius 2 is 1.65 bits per heavy atom. The number of amides is 1. The first kappa shape index (κ1) is 18.7. The van der Waals surface area contributed by atoms with Gasteiger partial charge in [-0.1, -0.05) is 37.0 Å². The van der Waals surface area contributed by atoms with Crippen LogP contribution >= 0.6 is 0 Å². The first-order chi connectivity index (χ1) is 12.2. The summed E-state index contributed by atoms with van der Waals surface area (Å²) in [5.41, 5.74) is 4.54. The van der Waals surface area contributed by atoms with Gasteiger partial charge in [-0.15, -0.1) is 0 Å². The van der Waals surface area contributed by atoms with Gasteiger partial charge in [-0.25, -0.2) is 0 Å². The molecule has 140 valence electrons. The van der Waals surface area contributed by atoms with Crippen molar-refractivity contribution in [1.82, 2.24) is 4.90 Å². The van der Waals surface area contributed by atoms with Gasteiger partial charge in [0.15, 0.2) is 0 Å². The van der Waals surface area contributed by atoms with E-state index in [0.29, 0.717) is 17.9 Å². The first-order valence-electron chi connectivity index (χ1n) is 9.52. The first-order valence-corrected chi connectivity index (χ1v) is 9.52. The normalized spacial score (nSPS) is 19.9. The SMILES string of the molecule is CC(=O)OC1=C(c2c(C)cc(C)cc2C)C(=O)N(C)CC12CCCCC2. The highest BCUT2D eigenvalue weighted by atomic mass is 16.5. The molecular formula is C22H29NO3. The second kappa shape index (κ2) is 6.90. The van der Waals surface area contributed by atoms with Gasteiger partial charge < -0.3 is 9.64 Å². The van der Waals surface area contributed by atoms with Crippen LogP contribution in [-0.4, -0.2) is 30.4 Å². The van der Waals surface area contributed by atoms with E-state index in [0.717, 1.165) is 42.4 Å². The van der Waals surface area contributed by atoms with Gasteiger partial charge in [0.1, 0.15) is 5.76 Å². The number of esters is 1. The summed E-state index contributed by atoms with van der Waals surface area (Å²) in [5.74, 6) is 0.220. The van der Waals surface area contributed by atoms with E-state index in [9.17, 15) is 9.59 Å². The Bertz CT molecular complexity index is 762. The Hall–Kier alpha value is -2.10. The van der Waals surface area contributed by atoms with E-state index in [2.05, 4.69) is 19.1 Å². The fraction of sp³-hybridized carbons (Fsp3) is 0.545. The van der Waals surface area contributed by atoms with E-state index in [4.69, 9.17) is 4.74 Å². The molecule has 0 bridgehead atoms. The third kappa shape index (κ3) is 3.17. The number of hydrogen-bond acceptors (Lipinski definition) is 3. The van der Waals surface area contributed by atoms with E-state index in [1.54, 1.807) is 0 Å². The number of carbonyl (C=O) groups is 2. The van der Waals surface area contributed by atoms with Gasteiger partial charge in [0, 0.05) is 25.9 Å². The minimum Gasteiger partial charge on any atom is -0.430 e. The molecule has 1 spiro atoms. The Kier molecular flexibility index (Phi) is 4.96. The number of carbonyl (C=O) groups excluding carboxylic acids is 2. The molecule has 0 N–H and O–H groups in total. The number of aryl methyl sites for hydroxylation is 3. The lowest BCUT2D eigenvalue weighted by Crippen LogP contribution is -2.48. The summed E-state index contributed by atoms with van der Waals surface area (Å²) in [6.45, 7) is 8.18. The molecule has 0 saturated heterocycles. The second-order valence-corrected chi connectivity index (χ2v) is 8.07. The maximum Gasteiger partial charge on any atom is 0.307 e. The van der Waals surface area contributed by atoms with Crippen LogP contribution in [0.15, 0.2) is 17.9 Å². The minimum atomic E-state index is -0.345. The molecule has 0 unspecified atom stereocenters. The monoisotopic (exact) mass is 355 g/mol. The van der Waals surface area contributed by atoms with E-state index < -0.39 is 0 Å². The van der Waals surface area contributed by atoms with E-state index in [-0.39, 0.29) is 17.3 Å². The number of benzene rings is 1. The zero-order valence-electron chi connectivity index (χ0n) is 16.6. The Morgan fingerprint density at radius 1 is 1.08 bits per heavy atom. The molecule has 1 heterocycles. The molecule has 2 aliphatic rings. The molecular weight excluding hydrogens is 326 g/mol. The van der Waals surface area contributed by atoms with Crippen molar-refractivity contribution < 1.29 is 14.3 Å². The standard InChI is InChI=1S/C22H29NO3/c1-14-11-15(2)18(16(3)12-14)19-20(26-17(4)24)22(9-7-6-8-10-22)13-23(5)21(19)25/h11-12H,6-10,13H2,1-5H3. The predicted octanol–water partition coefficient (Wildman–Crippen LogP) is 4.31. The second-order valence-electron chi connectivity index (χ2n) is 8.07. The molecule has 1 aromatic rings. The summed E-state index contributed by atoms with van der Waals surface area (Å²) >= 11 is 0. The predicted molar refractivity (Wildman–Crippen MR) is 102 cm³/mol. The molecule has 26 heavy (non-hydrogen) atoms. The maximum absolute atomic E-state index is 13.2. The highest BCUT2D eigenvalue weighted by molar-refractivity contribution is 6.22. The molecule has 0 atom stereocenters. The third-order valence-electron chi connectivity index (χ3n) is 5.79. The summed E-state index contributed by atoms with van der Waals surface area (Å²) in [6, 6.07) is 4.19. The zero-order chi connectivity index (χ0) is 19.1. The van der Waals surface area contributed by atoms with Crippen LogP contribution in [0, 0.1) is 26.2 Å². The fourth-order valence-electron chi connectivity index (χ4n) is 4.86. The molecule has 1 amide bonds. The average molecular weight is 355 g/mol. The van der Waals surface area contributed by atoms with Gasteiger partial charge in [-0.3, -0.25) is 9.59 Å². The Labute approximate surface area is 156 Å². The number of rotatable bonds is 2. The number of nitrogens with zero attached hydrogens (tertiary/aromatic N) is 1. The summed E-state index contributed by atoms with van der Waals surface area (Å²) in [5, 5.41) is 0. The van der Waals surface area contributed by atoms with Crippen molar-refractivity contribution >= 4 is 17.4 Å². The molecule has 0 radical (unpaired) electrons. The van der Waals surface area contributed by atoms with Gasteiger partial charge in [0.05, 0.1) is 5.57 Å².